The Morgan fingerprint density at radius 3 is 2.48 bits per heavy atom. The third-order valence-electron chi connectivity index (χ3n) is 5.47. The van der Waals surface area contributed by atoms with Crippen molar-refractivity contribution in [3.8, 4) is 0 Å². The number of hydrogen-bond acceptors (Lipinski definition) is 5. The van der Waals surface area contributed by atoms with Crippen molar-refractivity contribution in [2.24, 2.45) is 10.9 Å². The summed E-state index contributed by atoms with van der Waals surface area (Å²) in [6.45, 7) is 9.36. The number of halogens is 1. The van der Waals surface area contributed by atoms with Gasteiger partial charge in [-0.1, -0.05) is 0 Å². The first-order chi connectivity index (χ1) is 12.5. The lowest BCUT2D eigenvalue weighted by Gasteiger charge is -2.37. The molecule has 2 aliphatic rings. The summed E-state index contributed by atoms with van der Waals surface area (Å²) in [7, 11) is 4.36. The molecule has 8 heteroatoms. The van der Waals surface area contributed by atoms with Gasteiger partial charge in [0.1, 0.15) is 0 Å². The van der Waals surface area contributed by atoms with E-state index in [1.165, 1.54) is 0 Å². The third kappa shape index (κ3) is 8.11. The zero-order valence-corrected chi connectivity index (χ0v) is 19.7. The maximum absolute atomic E-state index is 11.9. The number of guanidine groups is 1. The summed E-state index contributed by atoms with van der Waals surface area (Å²) >= 11 is 0. The van der Waals surface area contributed by atoms with Crippen molar-refractivity contribution in [1.29, 1.82) is 0 Å². The Morgan fingerprint density at radius 1 is 1.15 bits per heavy atom. The maximum atomic E-state index is 11.9. The van der Waals surface area contributed by atoms with Gasteiger partial charge in [-0.15, -0.1) is 24.0 Å². The second-order valence-corrected chi connectivity index (χ2v) is 7.56. The van der Waals surface area contributed by atoms with Gasteiger partial charge in [0.2, 0.25) is 0 Å². The Kier molecular flexibility index (Phi) is 11.6. The highest BCUT2D eigenvalue weighted by Gasteiger charge is 2.28. The van der Waals surface area contributed by atoms with E-state index >= 15 is 0 Å². The third-order valence-corrected chi connectivity index (χ3v) is 5.47. The number of esters is 1. The molecule has 2 rings (SSSR count). The molecule has 0 aromatic rings. The molecular weight excluding hydrogens is 457 g/mol. The number of ether oxygens (including phenoxy) is 1. The first-order valence-electron chi connectivity index (χ1n) is 10.1. The zero-order valence-electron chi connectivity index (χ0n) is 17.4. The number of nitrogens with zero attached hydrogens (tertiary/aromatic N) is 3. The summed E-state index contributed by atoms with van der Waals surface area (Å²) in [5.41, 5.74) is 0. The fraction of sp³-hybridized carbons (Fsp3) is 0.895. The molecule has 0 radical (unpaired) electrons. The van der Waals surface area contributed by atoms with E-state index in [0.29, 0.717) is 18.7 Å². The predicted molar refractivity (Wildman–Crippen MR) is 121 cm³/mol. The Hall–Kier alpha value is -0.610. The molecule has 158 valence electrons. The van der Waals surface area contributed by atoms with Gasteiger partial charge < -0.3 is 20.3 Å². The van der Waals surface area contributed by atoms with Gasteiger partial charge in [0, 0.05) is 38.3 Å². The van der Waals surface area contributed by atoms with Crippen molar-refractivity contribution in [1.82, 2.24) is 20.4 Å². The topological polar surface area (TPSA) is 69.2 Å². The molecular formula is C19H38IN5O2. The summed E-state index contributed by atoms with van der Waals surface area (Å²) < 4.78 is 5.16. The number of carbonyl (C=O) groups is 1. The summed E-state index contributed by atoms with van der Waals surface area (Å²) in [4.78, 5) is 21.5. The van der Waals surface area contributed by atoms with E-state index < -0.39 is 0 Å². The van der Waals surface area contributed by atoms with Crippen LogP contribution in [0.2, 0.25) is 0 Å². The van der Waals surface area contributed by atoms with Gasteiger partial charge in [-0.25, -0.2) is 0 Å². The predicted octanol–water partition coefficient (Wildman–Crippen LogP) is 1.53. The Morgan fingerprint density at radius 2 is 1.85 bits per heavy atom. The monoisotopic (exact) mass is 495 g/mol. The zero-order chi connectivity index (χ0) is 18.9. The van der Waals surface area contributed by atoms with Crippen LogP contribution in [0.1, 0.15) is 39.5 Å². The smallest absolute Gasteiger partial charge is 0.308 e. The van der Waals surface area contributed by atoms with Crippen LogP contribution >= 0.6 is 24.0 Å². The summed E-state index contributed by atoms with van der Waals surface area (Å²) in [5.74, 6) is 0.934. The van der Waals surface area contributed by atoms with Gasteiger partial charge in [0.05, 0.1) is 19.1 Å². The fourth-order valence-corrected chi connectivity index (χ4v) is 3.74. The Labute approximate surface area is 181 Å². The fourth-order valence-electron chi connectivity index (χ4n) is 3.74. The van der Waals surface area contributed by atoms with Gasteiger partial charge >= 0.3 is 5.97 Å². The number of nitrogens with one attached hydrogen (secondary N) is 2. The standard InChI is InChI=1S/C19H37N5O2.HI/c1-5-20-19(21-13-17-14-23(3)11-12-24(17)4)22-16-9-7-15(8-10-16)18(25)26-6-2;/h15-17H,5-14H2,1-4H3,(H2,20,21,22);1H. The number of likely N-dealkylation sites (N-methyl/N-ethyl adjacent to an activating group) is 2. The van der Waals surface area contributed by atoms with Crippen molar-refractivity contribution in [2.75, 3.05) is 53.4 Å². The van der Waals surface area contributed by atoms with Crippen LogP contribution in [-0.2, 0) is 9.53 Å². The summed E-state index contributed by atoms with van der Waals surface area (Å²) in [5, 5.41) is 6.93. The SMILES string of the molecule is CCNC(=NCC1CN(C)CCN1C)NC1CCC(C(=O)OCC)CC1.I. The average molecular weight is 495 g/mol. The van der Waals surface area contributed by atoms with E-state index in [1.807, 2.05) is 6.92 Å². The number of aliphatic imine (C=N–C) groups is 1. The van der Waals surface area contributed by atoms with Crippen molar-refractivity contribution in [2.45, 2.75) is 51.6 Å². The van der Waals surface area contributed by atoms with Crippen LogP contribution in [0.25, 0.3) is 0 Å². The molecule has 27 heavy (non-hydrogen) atoms. The quantitative estimate of drug-likeness (QED) is 0.252. The van der Waals surface area contributed by atoms with Crippen molar-refractivity contribution in [3.63, 3.8) is 0 Å². The molecule has 1 saturated carbocycles. The molecule has 0 amide bonds. The minimum atomic E-state index is -0.0315. The number of piperazine rings is 1. The molecule has 1 aliphatic heterocycles. The Bertz CT molecular complexity index is 469. The minimum absolute atomic E-state index is 0. The molecule has 1 heterocycles. The van der Waals surface area contributed by atoms with E-state index in [-0.39, 0.29) is 35.9 Å². The molecule has 7 nitrogen and oxygen atoms in total. The van der Waals surface area contributed by atoms with E-state index in [0.717, 1.165) is 64.4 Å². The summed E-state index contributed by atoms with van der Waals surface area (Å²) in [6.07, 6.45) is 3.76. The maximum Gasteiger partial charge on any atom is 0.308 e. The van der Waals surface area contributed by atoms with Crippen LogP contribution in [0, 0.1) is 5.92 Å². The lowest BCUT2D eigenvalue weighted by atomic mass is 9.86. The van der Waals surface area contributed by atoms with E-state index in [2.05, 4.69) is 41.5 Å². The first kappa shape index (κ1) is 24.4. The molecule has 2 fully saturated rings. The number of carbonyl (C=O) groups excluding carboxylic acids is 1. The molecule has 1 atom stereocenters. The second kappa shape index (κ2) is 12.8. The van der Waals surface area contributed by atoms with Crippen LogP contribution in [-0.4, -0.2) is 87.2 Å². The number of hydrogen-bond donors (Lipinski definition) is 2. The average Bonchev–Trinajstić information content (AvgIpc) is 2.63. The Balaban J connectivity index is 0.00000364. The minimum Gasteiger partial charge on any atom is -0.466 e. The molecule has 0 aromatic carbocycles. The highest BCUT2D eigenvalue weighted by molar-refractivity contribution is 14.0. The lowest BCUT2D eigenvalue weighted by Crippen LogP contribution is -2.52. The second-order valence-electron chi connectivity index (χ2n) is 7.56. The largest absolute Gasteiger partial charge is 0.466 e. The van der Waals surface area contributed by atoms with Crippen LogP contribution in [0.5, 0.6) is 0 Å². The normalized spacial score (nSPS) is 27.6. The molecule has 1 aliphatic carbocycles. The van der Waals surface area contributed by atoms with Gasteiger partial charge in [-0.05, 0) is 53.6 Å². The first-order valence-corrected chi connectivity index (χ1v) is 10.1. The molecule has 1 unspecified atom stereocenters. The van der Waals surface area contributed by atoms with Crippen molar-refractivity contribution >= 4 is 35.9 Å². The van der Waals surface area contributed by atoms with Gasteiger partial charge in [0.25, 0.3) is 0 Å². The summed E-state index contributed by atoms with van der Waals surface area (Å²) in [6, 6.07) is 0.842. The highest BCUT2D eigenvalue weighted by Crippen LogP contribution is 2.25. The molecule has 0 spiro atoms. The molecule has 2 N–H and O–H groups in total. The van der Waals surface area contributed by atoms with Crippen LogP contribution < -0.4 is 10.6 Å². The molecule has 0 aromatic heterocycles. The lowest BCUT2D eigenvalue weighted by molar-refractivity contribution is -0.149. The highest BCUT2D eigenvalue weighted by atomic mass is 127. The van der Waals surface area contributed by atoms with E-state index in [1.54, 1.807) is 0 Å². The number of rotatable bonds is 6. The van der Waals surface area contributed by atoms with Crippen LogP contribution in [0.3, 0.4) is 0 Å². The van der Waals surface area contributed by atoms with Gasteiger partial charge in [0.15, 0.2) is 5.96 Å². The van der Waals surface area contributed by atoms with E-state index in [4.69, 9.17) is 9.73 Å². The van der Waals surface area contributed by atoms with Crippen LogP contribution in [0.4, 0.5) is 0 Å². The van der Waals surface area contributed by atoms with Crippen molar-refractivity contribution in [3.05, 3.63) is 0 Å². The molecule has 0 bridgehead atoms. The van der Waals surface area contributed by atoms with Crippen LogP contribution in [0.15, 0.2) is 4.99 Å². The van der Waals surface area contributed by atoms with Gasteiger partial charge in [-0.2, -0.15) is 0 Å². The van der Waals surface area contributed by atoms with E-state index in [9.17, 15) is 4.79 Å². The molecule has 1 saturated heterocycles. The van der Waals surface area contributed by atoms with Crippen molar-refractivity contribution < 1.29 is 9.53 Å². The van der Waals surface area contributed by atoms with Gasteiger partial charge in [-0.3, -0.25) is 14.7 Å².